The van der Waals surface area contributed by atoms with Crippen LogP contribution in [0.25, 0.3) is 0 Å². The van der Waals surface area contributed by atoms with E-state index in [2.05, 4.69) is 28.2 Å². The Balaban J connectivity index is 1.98. The predicted molar refractivity (Wildman–Crippen MR) is 76.1 cm³/mol. The van der Waals surface area contributed by atoms with Crippen LogP contribution in [0.4, 0.5) is 5.69 Å². The van der Waals surface area contributed by atoms with Crippen molar-refractivity contribution in [3.63, 3.8) is 0 Å². The van der Waals surface area contributed by atoms with Crippen molar-refractivity contribution in [1.82, 2.24) is 5.32 Å². The van der Waals surface area contributed by atoms with E-state index in [1.54, 1.807) is 12.1 Å². The average molecular weight is 329 g/mol. The minimum atomic E-state index is -0.350. The molecule has 1 N–H and O–H groups in total. The normalized spacial score (nSPS) is 22.6. The Labute approximate surface area is 120 Å². The van der Waals surface area contributed by atoms with Crippen molar-refractivity contribution in [2.24, 2.45) is 0 Å². The monoisotopic (exact) mass is 328 g/mol. The second-order valence-corrected chi connectivity index (χ2v) is 5.95. The predicted octanol–water partition coefficient (Wildman–Crippen LogP) is 3.02. The van der Waals surface area contributed by atoms with Crippen molar-refractivity contribution < 1.29 is 9.66 Å². The minimum Gasteiger partial charge on any atom is -0.374 e. The molecule has 0 saturated carbocycles. The van der Waals surface area contributed by atoms with Crippen LogP contribution in [-0.2, 0) is 11.3 Å². The van der Waals surface area contributed by atoms with Crippen LogP contribution >= 0.6 is 15.9 Å². The molecule has 1 aromatic carbocycles. The van der Waals surface area contributed by atoms with E-state index in [4.69, 9.17) is 4.74 Å². The van der Waals surface area contributed by atoms with E-state index in [0.29, 0.717) is 18.7 Å². The fourth-order valence-corrected chi connectivity index (χ4v) is 2.72. The quantitative estimate of drug-likeness (QED) is 0.666. The zero-order valence-electron chi connectivity index (χ0n) is 10.8. The van der Waals surface area contributed by atoms with E-state index in [1.165, 1.54) is 6.07 Å². The lowest BCUT2D eigenvalue weighted by molar-refractivity contribution is -0.385. The Hall–Kier alpha value is -0.980. The van der Waals surface area contributed by atoms with E-state index in [0.717, 1.165) is 23.9 Å². The lowest BCUT2D eigenvalue weighted by Crippen LogP contribution is -2.36. The highest BCUT2D eigenvalue weighted by atomic mass is 79.9. The van der Waals surface area contributed by atoms with Crippen LogP contribution in [0.15, 0.2) is 22.7 Å². The summed E-state index contributed by atoms with van der Waals surface area (Å²) in [5.74, 6) is 0. The second-order valence-electron chi connectivity index (χ2n) is 5.04. The fourth-order valence-electron chi connectivity index (χ4n) is 2.31. The van der Waals surface area contributed by atoms with Crippen molar-refractivity contribution in [2.45, 2.75) is 31.9 Å². The molecular formula is C13H17BrN2O3. The van der Waals surface area contributed by atoms with Crippen LogP contribution in [0.1, 0.15) is 25.3 Å². The molecule has 6 heteroatoms. The van der Waals surface area contributed by atoms with Crippen LogP contribution in [0.5, 0.6) is 0 Å². The van der Waals surface area contributed by atoms with Gasteiger partial charge >= 0.3 is 0 Å². The molecular weight excluding hydrogens is 312 g/mol. The van der Waals surface area contributed by atoms with Gasteiger partial charge in [0.2, 0.25) is 0 Å². The molecule has 1 aliphatic rings. The molecule has 1 aromatic rings. The molecule has 0 aliphatic carbocycles. The highest BCUT2D eigenvalue weighted by Crippen LogP contribution is 2.25. The van der Waals surface area contributed by atoms with Crippen LogP contribution in [0.2, 0.25) is 0 Å². The Morgan fingerprint density at radius 2 is 2.37 bits per heavy atom. The maximum Gasteiger partial charge on any atom is 0.273 e. The summed E-state index contributed by atoms with van der Waals surface area (Å²) < 4.78 is 6.52. The van der Waals surface area contributed by atoms with Crippen molar-refractivity contribution in [1.29, 1.82) is 0 Å². The Morgan fingerprint density at radius 1 is 1.58 bits per heavy atom. The second kappa shape index (κ2) is 5.98. The number of nitrogens with one attached hydrogen (secondary N) is 1. The summed E-state index contributed by atoms with van der Waals surface area (Å²) in [6, 6.07) is 4.99. The number of hydrogen-bond donors (Lipinski definition) is 1. The Bertz CT molecular complexity index is 473. The van der Waals surface area contributed by atoms with Gasteiger partial charge in [-0.1, -0.05) is 15.9 Å². The van der Waals surface area contributed by atoms with Crippen molar-refractivity contribution >= 4 is 21.6 Å². The highest BCUT2D eigenvalue weighted by Gasteiger charge is 2.29. The number of benzene rings is 1. The van der Waals surface area contributed by atoms with E-state index >= 15 is 0 Å². The largest absolute Gasteiger partial charge is 0.374 e. The smallest absolute Gasteiger partial charge is 0.273 e. The number of nitro groups is 1. The standard InChI is InChI=1S/C13H17BrN2O3/c1-13(5-2-6-19-13)9-15-8-10-7-11(14)3-4-12(10)16(17)18/h3-4,7,15H,2,5-6,8-9H2,1H3. The summed E-state index contributed by atoms with van der Waals surface area (Å²) >= 11 is 3.34. The molecule has 1 unspecified atom stereocenters. The molecule has 1 fully saturated rings. The Kier molecular flexibility index (Phi) is 4.54. The first-order valence-corrected chi connectivity index (χ1v) is 7.07. The molecule has 0 aromatic heterocycles. The van der Waals surface area contributed by atoms with Gasteiger partial charge in [-0.15, -0.1) is 0 Å². The molecule has 0 spiro atoms. The van der Waals surface area contributed by atoms with Gasteiger partial charge in [-0.05, 0) is 31.9 Å². The van der Waals surface area contributed by atoms with E-state index in [1.807, 2.05) is 0 Å². The van der Waals surface area contributed by atoms with Gasteiger partial charge in [0.05, 0.1) is 10.5 Å². The SMILES string of the molecule is CC1(CNCc2cc(Br)ccc2[N+](=O)[O-])CCCO1. The summed E-state index contributed by atoms with van der Waals surface area (Å²) in [5, 5.41) is 14.2. The molecule has 104 valence electrons. The molecule has 5 nitrogen and oxygen atoms in total. The van der Waals surface area contributed by atoms with E-state index in [-0.39, 0.29) is 16.2 Å². The van der Waals surface area contributed by atoms with Crippen LogP contribution in [-0.4, -0.2) is 23.7 Å². The summed E-state index contributed by atoms with van der Waals surface area (Å²) in [4.78, 5) is 10.6. The van der Waals surface area contributed by atoms with Gasteiger partial charge in [-0.2, -0.15) is 0 Å². The first kappa shape index (κ1) is 14.4. The molecule has 1 atom stereocenters. The van der Waals surface area contributed by atoms with Crippen LogP contribution in [0.3, 0.4) is 0 Å². The summed E-state index contributed by atoms with van der Waals surface area (Å²) in [6.07, 6.45) is 2.11. The highest BCUT2D eigenvalue weighted by molar-refractivity contribution is 9.10. The zero-order chi connectivity index (χ0) is 13.9. The summed E-state index contributed by atoms with van der Waals surface area (Å²) in [6.45, 7) is 4.04. The fraction of sp³-hybridized carbons (Fsp3) is 0.538. The van der Waals surface area contributed by atoms with Gasteiger partial charge in [0.25, 0.3) is 5.69 Å². The van der Waals surface area contributed by atoms with Gasteiger partial charge in [0.15, 0.2) is 0 Å². The molecule has 2 rings (SSSR count). The van der Waals surface area contributed by atoms with Crippen LogP contribution in [0, 0.1) is 10.1 Å². The first-order valence-electron chi connectivity index (χ1n) is 6.28. The first-order chi connectivity index (χ1) is 9.00. The molecule has 0 radical (unpaired) electrons. The zero-order valence-corrected chi connectivity index (χ0v) is 12.4. The molecule has 1 aliphatic heterocycles. The Morgan fingerprint density at radius 3 is 3.00 bits per heavy atom. The number of rotatable bonds is 5. The van der Waals surface area contributed by atoms with Crippen molar-refractivity contribution in [3.05, 3.63) is 38.3 Å². The number of nitro benzene ring substituents is 1. The van der Waals surface area contributed by atoms with E-state index < -0.39 is 0 Å². The van der Waals surface area contributed by atoms with Gasteiger partial charge in [0.1, 0.15) is 0 Å². The third kappa shape index (κ3) is 3.75. The lowest BCUT2D eigenvalue weighted by Gasteiger charge is -2.23. The molecule has 1 heterocycles. The number of halogens is 1. The maximum absolute atomic E-state index is 11.0. The molecule has 0 bridgehead atoms. The molecule has 1 saturated heterocycles. The van der Waals surface area contributed by atoms with Crippen molar-refractivity contribution in [3.8, 4) is 0 Å². The van der Waals surface area contributed by atoms with E-state index in [9.17, 15) is 10.1 Å². The molecule has 19 heavy (non-hydrogen) atoms. The third-order valence-electron chi connectivity index (χ3n) is 3.35. The maximum atomic E-state index is 11.0. The van der Waals surface area contributed by atoms with Gasteiger partial charge in [-0.3, -0.25) is 10.1 Å². The van der Waals surface area contributed by atoms with Gasteiger partial charge in [-0.25, -0.2) is 0 Å². The summed E-state index contributed by atoms with van der Waals surface area (Å²) in [5.41, 5.74) is 0.690. The van der Waals surface area contributed by atoms with Gasteiger partial charge < -0.3 is 10.1 Å². The average Bonchev–Trinajstić information content (AvgIpc) is 2.76. The van der Waals surface area contributed by atoms with Gasteiger partial charge in [0, 0.05) is 35.8 Å². The summed E-state index contributed by atoms with van der Waals surface area (Å²) in [7, 11) is 0. The topological polar surface area (TPSA) is 64.4 Å². The van der Waals surface area contributed by atoms with Crippen molar-refractivity contribution in [2.75, 3.05) is 13.2 Å². The minimum absolute atomic E-state index is 0.138. The number of ether oxygens (including phenoxy) is 1. The number of nitrogens with zero attached hydrogens (tertiary/aromatic N) is 1. The third-order valence-corrected chi connectivity index (χ3v) is 3.85. The molecule has 0 amide bonds. The van der Waals surface area contributed by atoms with Crippen LogP contribution < -0.4 is 5.32 Å². The lowest BCUT2D eigenvalue weighted by atomic mass is 10.0. The number of hydrogen-bond acceptors (Lipinski definition) is 4.